The lowest BCUT2D eigenvalue weighted by Gasteiger charge is -2.23. The van der Waals surface area contributed by atoms with Gasteiger partial charge in [-0.15, -0.1) is 0 Å². The second kappa shape index (κ2) is 9.49. The normalized spacial score (nSPS) is 16.9. The molecule has 2 amide bonds. The number of aliphatic hydroxyl groups excluding tert-OH is 1. The summed E-state index contributed by atoms with van der Waals surface area (Å²) in [6, 6.07) is 10.1. The van der Waals surface area contributed by atoms with Gasteiger partial charge in [0, 0.05) is 29.1 Å². The maximum Gasteiger partial charge on any atom is 0.279 e. The van der Waals surface area contributed by atoms with E-state index in [-0.39, 0.29) is 38.1 Å². The van der Waals surface area contributed by atoms with Crippen LogP contribution in [0.15, 0.2) is 54.6 Å². The van der Waals surface area contributed by atoms with Crippen LogP contribution in [0, 0.1) is 11.6 Å². The van der Waals surface area contributed by atoms with Crippen molar-refractivity contribution in [1.29, 1.82) is 0 Å². The quantitative estimate of drug-likeness (QED) is 0.396. The zero-order chi connectivity index (χ0) is 25.5. The molecular formula is C24H16Cl2F4N2O3. The van der Waals surface area contributed by atoms with Crippen molar-refractivity contribution in [1.82, 2.24) is 0 Å². The first-order chi connectivity index (χ1) is 16.5. The zero-order valence-electron chi connectivity index (χ0n) is 17.7. The first-order valence-electron chi connectivity index (χ1n) is 10.2. The molecule has 5 nitrogen and oxygen atoms in total. The number of alkyl halides is 2. The second-order valence-electron chi connectivity index (χ2n) is 7.85. The van der Waals surface area contributed by atoms with Crippen molar-refractivity contribution in [2.75, 3.05) is 16.8 Å². The summed E-state index contributed by atoms with van der Waals surface area (Å²) >= 11 is 11.8. The maximum atomic E-state index is 14.8. The number of carbonyl (C=O) groups excluding carboxylic acids is 2. The molecule has 35 heavy (non-hydrogen) atoms. The summed E-state index contributed by atoms with van der Waals surface area (Å²) in [5.74, 6) is -6.74. The molecule has 0 aliphatic carbocycles. The Balaban J connectivity index is 1.61. The van der Waals surface area contributed by atoms with Crippen molar-refractivity contribution in [2.45, 2.75) is 18.4 Å². The number of benzene rings is 3. The highest BCUT2D eigenvalue weighted by atomic mass is 35.5. The molecule has 2 N–H and O–H groups in total. The minimum atomic E-state index is -3.52. The number of nitrogens with one attached hydrogen (secondary N) is 1. The fraction of sp³-hybridized carbons (Fsp3) is 0.167. The summed E-state index contributed by atoms with van der Waals surface area (Å²) in [6.07, 6.45) is -3.01. The van der Waals surface area contributed by atoms with Crippen LogP contribution >= 0.6 is 23.2 Å². The van der Waals surface area contributed by atoms with E-state index in [4.69, 9.17) is 23.2 Å². The van der Waals surface area contributed by atoms with Gasteiger partial charge in [-0.3, -0.25) is 9.59 Å². The van der Waals surface area contributed by atoms with Crippen LogP contribution in [0.3, 0.4) is 0 Å². The van der Waals surface area contributed by atoms with Gasteiger partial charge in [0.1, 0.15) is 17.7 Å². The van der Waals surface area contributed by atoms with Crippen molar-refractivity contribution in [2.24, 2.45) is 0 Å². The van der Waals surface area contributed by atoms with Gasteiger partial charge in [0.2, 0.25) is 0 Å². The number of nitrogens with zero attached hydrogens (tertiary/aromatic N) is 1. The molecule has 1 aliphatic rings. The zero-order valence-corrected chi connectivity index (χ0v) is 19.2. The molecule has 11 heteroatoms. The molecule has 1 heterocycles. The van der Waals surface area contributed by atoms with E-state index in [9.17, 15) is 32.3 Å². The molecule has 1 aliphatic heterocycles. The number of hydrogen-bond acceptors (Lipinski definition) is 3. The maximum absolute atomic E-state index is 14.8. The third kappa shape index (κ3) is 4.98. The highest BCUT2D eigenvalue weighted by Gasteiger charge is 2.44. The Labute approximate surface area is 206 Å². The fourth-order valence-corrected chi connectivity index (χ4v) is 4.15. The molecule has 0 saturated carbocycles. The topological polar surface area (TPSA) is 69.6 Å². The van der Waals surface area contributed by atoms with Crippen LogP contribution < -0.4 is 10.2 Å². The molecule has 0 spiro atoms. The molecule has 0 fully saturated rings. The Morgan fingerprint density at radius 3 is 2.46 bits per heavy atom. The summed E-state index contributed by atoms with van der Waals surface area (Å²) < 4.78 is 56.7. The smallest absolute Gasteiger partial charge is 0.279 e. The number of carbonyl (C=O) groups is 2. The molecule has 1 atom stereocenters. The standard InChI is InChI=1S/C24H16Cl2F4N2O3/c25-13-2-6-20-16(10-13)21(33)24(29,30)7-8-32(20)23(35)12-1-5-19(18(28)9-12)31-22(34)15-4-3-14(27)11-17(15)26/h1-6,9-11,21,33H,7-8H2,(H,31,34)/t21-/m1/s1. The minimum Gasteiger partial charge on any atom is -0.382 e. The van der Waals surface area contributed by atoms with E-state index in [0.717, 1.165) is 41.3 Å². The minimum absolute atomic E-state index is 0.0211. The van der Waals surface area contributed by atoms with Gasteiger partial charge in [-0.25, -0.2) is 17.6 Å². The number of anilines is 2. The van der Waals surface area contributed by atoms with Crippen LogP contribution in [-0.2, 0) is 0 Å². The number of fused-ring (bicyclic) bond motifs is 1. The third-order valence-electron chi connectivity index (χ3n) is 5.53. The van der Waals surface area contributed by atoms with Crippen LogP contribution in [0.5, 0.6) is 0 Å². The molecule has 0 bridgehead atoms. The van der Waals surface area contributed by atoms with Crippen molar-refractivity contribution in [3.63, 3.8) is 0 Å². The third-order valence-corrected chi connectivity index (χ3v) is 6.08. The number of halogens is 6. The van der Waals surface area contributed by atoms with Crippen LogP contribution in [-0.4, -0.2) is 29.4 Å². The monoisotopic (exact) mass is 526 g/mol. The van der Waals surface area contributed by atoms with E-state index in [1.165, 1.54) is 18.2 Å². The SMILES string of the molecule is O=C(Nc1ccc(C(=O)N2CCC(F)(F)[C@H](O)c3cc(Cl)ccc32)cc1F)c1ccc(F)cc1Cl. The van der Waals surface area contributed by atoms with Gasteiger partial charge >= 0.3 is 0 Å². The molecule has 3 aromatic rings. The molecule has 3 aromatic carbocycles. The van der Waals surface area contributed by atoms with E-state index >= 15 is 0 Å². The average molecular weight is 527 g/mol. The van der Waals surface area contributed by atoms with Crippen LogP contribution in [0.1, 0.15) is 38.8 Å². The molecule has 0 aromatic heterocycles. The van der Waals surface area contributed by atoms with Gasteiger partial charge < -0.3 is 15.3 Å². The molecular weight excluding hydrogens is 511 g/mol. The van der Waals surface area contributed by atoms with Gasteiger partial charge in [-0.2, -0.15) is 0 Å². The molecule has 0 saturated heterocycles. The summed E-state index contributed by atoms with van der Waals surface area (Å²) in [5.41, 5.74) is -0.758. The summed E-state index contributed by atoms with van der Waals surface area (Å²) in [5, 5.41) is 12.4. The van der Waals surface area contributed by atoms with Crippen LogP contribution in [0.25, 0.3) is 0 Å². The first kappa shape index (κ1) is 25.0. The Morgan fingerprint density at radius 2 is 1.77 bits per heavy atom. The second-order valence-corrected chi connectivity index (χ2v) is 8.69. The van der Waals surface area contributed by atoms with E-state index in [0.29, 0.717) is 0 Å². The molecule has 4 rings (SSSR count). The summed E-state index contributed by atoms with van der Waals surface area (Å²) in [6.45, 7) is -0.444. The largest absolute Gasteiger partial charge is 0.382 e. The van der Waals surface area contributed by atoms with Gasteiger partial charge in [-0.05, 0) is 54.6 Å². The Hall–Kier alpha value is -3.14. The average Bonchev–Trinajstić information content (AvgIpc) is 2.89. The number of hydrogen-bond donors (Lipinski definition) is 2. The van der Waals surface area contributed by atoms with Crippen molar-refractivity contribution in [3.05, 3.63) is 93.0 Å². The summed E-state index contributed by atoms with van der Waals surface area (Å²) in [7, 11) is 0. The van der Waals surface area contributed by atoms with Gasteiger partial charge in [0.25, 0.3) is 17.7 Å². The molecule has 0 unspecified atom stereocenters. The fourth-order valence-electron chi connectivity index (χ4n) is 3.72. The molecule has 0 radical (unpaired) electrons. The van der Waals surface area contributed by atoms with E-state index in [1.54, 1.807) is 0 Å². The van der Waals surface area contributed by atoms with Crippen LogP contribution in [0.4, 0.5) is 28.9 Å². The van der Waals surface area contributed by atoms with E-state index in [1.807, 2.05) is 0 Å². The number of aliphatic hydroxyl groups is 1. The first-order valence-corrected chi connectivity index (χ1v) is 11.0. The molecule has 182 valence electrons. The lowest BCUT2D eigenvalue weighted by molar-refractivity contribution is -0.112. The van der Waals surface area contributed by atoms with Crippen molar-refractivity contribution < 1.29 is 32.3 Å². The highest BCUT2D eigenvalue weighted by Crippen LogP contribution is 2.43. The van der Waals surface area contributed by atoms with Crippen molar-refractivity contribution in [3.8, 4) is 0 Å². The summed E-state index contributed by atoms with van der Waals surface area (Å²) in [4.78, 5) is 26.6. The Kier molecular flexibility index (Phi) is 6.77. The van der Waals surface area contributed by atoms with E-state index < -0.39 is 48.4 Å². The Bertz CT molecular complexity index is 1340. The lowest BCUT2D eigenvalue weighted by Crippen LogP contribution is -2.33. The highest BCUT2D eigenvalue weighted by molar-refractivity contribution is 6.34. The van der Waals surface area contributed by atoms with Gasteiger partial charge in [-0.1, -0.05) is 23.2 Å². The van der Waals surface area contributed by atoms with Gasteiger partial charge in [0.15, 0.2) is 0 Å². The van der Waals surface area contributed by atoms with Crippen LogP contribution in [0.2, 0.25) is 10.0 Å². The lowest BCUT2D eigenvalue weighted by atomic mass is 10.0. The predicted molar refractivity (Wildman–Crippen MR) is 123 cm³/mol. The number of amides is 2. The van der Waals surface area contributed by atoms with Gasteiger partial charge in [0.05, 0.1) is 22.0 Å². The van der Waals surface area contributed by atoms with E-state index in [2.05, 4.69) is 5.32 Å². The Morgan fingerprint density at radius 1 is 1.03 bits per heavy atom. The number of rotatable bonds is 3. The predicted octanol–water partition coefficient (Wildman–Crippen LogP) is 6.24. The van der Waals surface area contributed by atoms with Crippen molar-refractivity contribution >= 4 is 46.4 Å².